The molecule has 10 rings (SSSR count). The van der Waals surface area contributed by atoms with E-state index in [4.69, 9.17) is 4.98 Å². The quantitative estimate of drug-likeness (QED) is 0.143. The first-order chi connectivity index (χ1) is 23.3. The van der Waals surface area contributed by atoms with Gasteiger partial charge in [0.05, 0.1) is 10.2 Å². The van der Waals surface area contributed by atoms with Gasteiger partial charge in [0.1, 0.15) is 5.01 Å². The zero-order valence-corrected chi connectivity index (χ0v) is 26.3. The number of hydrogen-bond acceptors (Lipinski definition) is 2. The van der Waals surface area contributed by atoms with Crippen LogP contribution in [0.2, 0.25) is 0 Å². The predicted octanol–water partition coefficient (Wildman–Crippen LogP) is 13.1. The summed E-state index contributed by atoms with van der Waals surface area (Å²) in [5, 5.41) is 13.7. The van der Waals surface area contributed by atoms with Gasteiger partial charge >= 0.3 is 0 Å². The van der Waals surface area contributed by atoms with E-state index < -0.39 is 0 Å². The van der Waals surface area contributed by atoms with Crippen LogP contribution in [0.3, 0.4) is 0 Å². The van der Waals surface area contributed by atoms with Crippen molar-refractivity contribution in [2.45, 2.75) is 0 Å². The molecule has 2 heteroatoms. The van der Waals surface area contributed by atoms with E-state index in [1.165, 1.54) is 80.8 Å². The highest BCUT2D eigenvalue weighted by Crippen LogP contribution is 2.46. The van der Waals surface area contributed by atoms with Gasteiger partial charge in [-0.3, -0.25) is 0 Å². The highest BCUT2D eigenvalue weighted by Gasteiger charge is 2.19. The normalized spacial score (nSPS) is 11.8. The van der Waals surface area contributed by atoms with Gasteiger partial charge in [-0.15, -0.1) is 11.3 Å². The molecule has 0 atom stereocenters. The third-order valence-electron chi connectivity index (χ3n) is 9.65. The number of hydrogen-bond donors (Lipinski definition) is 0. The average molecular weight is 614 g/mol. The number of thiazole rings is 1. The first-order valence-corrected chi connectivity index (χ1v) is 16.9. The van der Waals surface area contributed by atoms with Crippen molar-refractivity contribution in [1.29, 1.82) is 0 Å². The van der Waals surface area contributed by atoms with E-state index in [0.717, 1.165) is 16.1 Å². The summed E-state index contributed by atoms with van der Waals surface area (Å²) in [6, 6.07) is 59.7. The van der Waals surface area contributed by atoms with Gasteiger partial charge in [-0.25, -0.2) is 4.98 Å². The Hall–Kier alpha value is -5.83. The largest absolute Gasteiger partial charge is 0.236 e. The molecule has 0 unspecified atom stereocenters. The fourth-order valence-corrected chi connectivity index (χ4v) is 8.69. The molecular formula is C45H27NS. The summed E-state index contributed by atoms with van der Waals surface area (Å²) < 4.78 is 1.24. The first-order valence-electron chi connectivity index (χ1n) is 16.1. The molecule has 0 spiro atoms. The lowest BCUT2D eigenvalue weighted by Gasteiger charge is -2.19. The van der Waals surface area contributed by atoms with Crippen LogP contribution in [0.25, 0.3) is 96.9 Å². The molecule has 0 radical (unpaired) electrons. The Labute approximate surface area is 276 Å². The Morgan fingerprint density at radius 1 is 0.383 bits per heavy atom. The second-order valence-corrected chi connectivity index (χ2v) is 13.3. The van der Waals surface area contributed by atoms with Crippen molar-refractivity contribution < 1.29 is 0 Å². The lowest BCUT2D eigenvalue weighted by molar-refractivity contribution is 1.48. The summed E-state index contributed by atoms with van der Waals surface area (Å²) in [7, 11) is 0. The summed E-state index contributed by atoms with van der Waals surface area (Å²) in [5.41, 5.74) is 7.28. The van der Waals surface area contributed by atoms with Gasteiger partial charge in [-0.05, 0) is 82.9 Å². The van der Waals surface area contributed by atoms with Crippen LogP contribution in [-0.2, 0) is 0 Å². The van der Waals surface area contributed by atoms with Gasteiger partial charge in [0, 0.05) is 10.9 Å². The van der Waals surface area contributed by atoms with Crippen molar-refractivity contribution >= 4 is 75.4 Å². The average Bonchev–Trinajstić information content (AvgIpc) is 3.58. The van der Waals surface area contributed by atoms with Crippen LogP contribution in [0.15, 0.2) is 164 Å². The maximum Gasteiger partial charge on any atom is 0.124 e. The molecule has 0 N–H and O–H groups in total. The molecule has 0 amide bonds. The molecule has 9 aromatic carbocycles. The van der Waals surface area contributed by atoms with Crippen molar-refractivity contribution in [3.63, 3.8) is 0 Å². The molecule has 1 aromatic heterocycles. The number of benzene rings is 9. The van der Waals surface area contributed by atoms with Crippen LogP contribution in [0.4, 0.5) is 0 Å². The topological polar surface area (TPSA) is 12.9 Å². The molecule has 0 fully saturated rings. The molecule has 0 saturated heterocycles. The Balaban J connectivity index is 1.29. The molecular weight excluding hydrogens is 587 g/mol. The number of fused-ring (bicyclic) bond motifs is 8. The van der Waals surface area contributed by atoms with Gasteiger partial charge in [-0.1, -0.05) is 152 Å². The minimum Gasteiger partial charge on any atom is -0.236 e. The summed E-state index contributed by atoms with van der Waals surface area (Å²) >= 11 is 1.79. The summed E-state index contributed by atoms with van der Waals surface area (Å²) in [6.07, 6.45) is 0. The minimum absolute atomic E-state index is 1.05. The van der Waals surface area contributed by atoms with E-state index in [9.17, 15) is 0 Å². The smallest absolute Gasteiger partial charge is 0.124 e. The lowest BCUT2D eigenvalue weighted by atomic mass is 9.84. The number of aromatic nitrogens is 1. The van der Waals surface area contributed by atoms with E-state index in [1.54, 1.807) is 11.3 Å². The Kier molecular flexibility index (Phi) is 5.81. The first kappa shape index (κ1) is 26.4. The molecule has 0 bridgehead atoms. The third-order valence-corrected chi connectivity index (χ3v) is 10.8. The van der Waals surface area contributed by atoms with E-state index in [1.807, 2.05) is 0 Å². The van der Waals surface area contributed by atoms with E-state index in [0.29, 0.717) is 0 Å². The molecule has 10 aromatic rings. The van der Waals surface area contributed by atoms with Crippen LogP contribution in [0.5, 0.6) is 0 Å². The second-order valence-electron chi connectivity index (χ2n) is 12.3. The predicted molar refractivity (Wildman–Crippen MR) is 203 cm³/mol. The van der Waals surface area contributed by atoms with Gasteiger partial charge in [0.15, 0.2) is 0 Å². The Bertz CT molecular complexity index is 2780. The molecule has 0 aliphatic carbocycles. The van der Waals surface area contributed by atoms with Crippen molar-refractivity contribution in [2.75, 3.05) is 0 Å². The van der Waals surface area contributed by atoms with Crippen LogP contribution < -0.4 is 0 Å². The van der Waals surface area contributed by atoms with Gasteiger partial charge < -0.3 is 0 Å². The SMILES string of the molecule is c1ccc(-c2nc3ccc4ccc5ccc(-c6c7ccccc7c(-c7cccc8ccccc78)c7ccccc67)cc5c4c3s2)cc1. The lowest BCUT2D eigenvalue weighted by Crippen LogP contribution is -1.91. The maximum atomic E-state index is 5.08. The third kappa shape index (κ3) is 4.05. The van der Waals surface area contributed by atoms with Crippen molar-refractivity contribution in [1.82, 2.24) is 4.98 Å². The molecule has 1 heterocycles. The highest BCUT2D eigenvalue weighted by atomic mass is 32.1. The Morgan fingerprint density at radius 3 is 1.72 bits per heavy atom. The van der Waals surface area contributed by atoms with Crippen LogP contribution >= 0.6 is 11.3 Å². The van der Waals surface area contributed by atoms with E-state index >= 15 is 0 Å². The number of nitrogens with zero attached hydrogens (tertiary/aromatic N) is 1. The molecule has 0 aliphatic heterocycles. The fourth-order valence-electron chi connectivity index (χ4n) is 7.55. The zero-order chi connectivity index (χ0) is 30.9. The van der Waals surface area contributed by atoms with E-state index in [-0.39, 0.29) is 0 Å². The highest BCUT2D eigenvalue weighted by molar-refractivity contribution is 7.22. The summed E-state index contributed by atoms with van der Waals surface area (Å²) in [5.74, 6) is 0. The maximum absolute atomic E-state index is 5.08. The van der Waals surface area contributed by atoms with Crippen LogP contribution in [0, 0.1) is 0 Å². The fraction of sp³-hybridized carbons (Fsp3) is 0. The summed E-state index contributed by atoms with van der Waals surface area (Å²) in [4.78, 5) is 5.08. The van der Waals surface area contributed by atoms with Crippen molar-refractivity contribution in [2.24, 2.45) is 0 Å². The van der Waals surface area contributed by atoms with E-state index in [2.05, 4.69) is 164 Å². The standard InChI is InChI=1S/C45H27NS/c1-2-12-31(13-3-1)45-46-40-26-25-30-23-21-29-22-24-32(27-39(29)42(30)44(40)47-45)41-35-16-6-8-18-37(35)43(38-19-9-7-17-36(38)41)34-20-10-14-28-11-4-5-15-33(28)34/h1-27H. The molecule has 0 aliphatic rings. The number of rotatable bonds is 3. The van der Waals surface area contributed by atoms with Gasteiger partial charge in [0.2, 0.25) is 0 Å². The van der Waals surface area contributed by atoms with Gasteiger partial charge in [0.25, 0.3) is 0 Å². The van der Waals surface area contributed by atoms with Crippen molar-refractivity contribution in [3.05, 3.63) is 164 Å². The van der Waals surface area contributed by atoms with Crippen LogP contribution in [-0.4, -0.2) is 4.98 Å². The molecule has 47 heavy (non-hydrogen) atoms. The zero-order valence-electron chi connectivity index (χ0n) is 25.4. The van der Waals surface area contributed by atoms with Gasteiger partial charge in [-0.2, -0.15) is 0 Å². The summed E-state index contributed by atoms with van der Waals surface area (Å²) in [6.45, 7) is 0. The molecule has 1 nitrogen and oxygen atoms in total. The van der Waals surface area contributed by atoms with Crippen LogP contribution in [0.1, 0.15) is 0 Å². The molecule has 218 valence electrons. The minimum atomic E-state index is 1.05. The van der Waals surface area contributed by atoms with Crippen molar-refractivity contribution in [3.8, 4) is 32.8 Å². The Morgan fingerprint density at radius 2 is 0.957 bits per heavy atom. The molecule has 0 saturated carbocycles. The monoisotopic (exact) mass is 613 g/mol. The second kappa shape index (κ2) is 10.3.